The maximum Gasteiger partial charge on any atom is -0.0134 e. The number of carbonyl (C=O) groups excluding carboxylic acids is 1. The van der Waals surface area contributed by atoms with Gasteiger partial charge in [0.15, 0.2) is 11.4 Å². The van der Waals surface area contributed by atoms with Crippen LogP contribution >= 0.6 is 50.8 Å². The third kappa shape index (κ3) is 34.9. The molecule has 14 aromatic carbocycles. The van der Waals surface area contributed by atoms with Gasteiger partial charge in [-0.15, -0.1) is 0 Å². The predicted octanol–water partition coefficient (Wildman–Crippen LogP) is 24.3. The zero-order valence-corrected chi connectivity index (χ0v) is 90.8. The topological polar surface area (TPSA) is 247 Å². The maximum absolute atomic E-state index is 11.9. The second-order valence-corrected chi connectivity index (χ2v) is 42.7. The number of carbonyl (C=O) groups is 1. The molecule has 5 heterocycles. The van der Waals surface area contributed by atoms with Crippen molar-refractivity contribution in [1.82, 2.24) is 34.3 Å². The van der Waals surface area contributed by atoms with Gasteiger partial charge in [-0.05, 0) is 181 Å². The molecule has 18 nitrogen and oxygen atoms in total. The fourth-order valence-electron chi connectivity index (χ4n) is 15.6. The summed E-state index contributed by atoms with van der Waals surface area (Å²) in [5.41, 5.74) is 29.6. The monoisotopic (exact) mass is 2190 g/mol. The Morgan fingerprint density at radius 1 is 0.415 bits per heavy atom. The normalized spacial score (nSPS) is 12.0. The smallest absolute Gasteiger partial charge is 0.0134 e. The molecule has 1 fully saturated rings. The van der Waals surface area contributed by atoms with Crippen LogP contribution in [0, 0.1) is 6.92 Å². The number of hydrogen-bond donors (Lipinski definition) is 4. The van der Waals surface area contributed by atoms with E-state index in [1.807, 2.05) is 179 Å². The van der Waals surface area contributed by atoms with Gasteiger partial charge in [0, 0.05) is 76.9 Å². The molecule has 147 heavy (non-hydrogen) atoms. The van der Waals surface area contributed by atoms with E-state index in [1.54, 1.807) is 43.1 Å². The molecular weight excluding hydrogens is 2070 g/mol. The molecule has 0 aliphatic carbocycles. The van der Waals surface area contributed by atoms with Crippen molar-refractivity contribution in [3.8, 4) is 34.1 Å². The molecule has 0 spiro atoms. The van der Waals surface area contributed by atoms with Crippen LogP contribution in [-0.2, 0) is 101 Å². The van der Waals surface area contributed by atoms with Crippen molar-refractivity contribution in [3.63, 3.8) is 0 Å². The molecule has 18 aromatic rings. The average Bonchev–Trinajstić information content (AvgIpc) is 1.62. The Morgan fingerprint density at radius 3 is 1.13 bits per heavy atom. The van der Waals surface area contributed by atoms with E-state index in [0.29, 0.717) is 86.1 Å². The fourth-order valence-corrected chi connectivity index (χ4v) is 20.5. The number of ether oxygens (including phenoxy) is 4. The van der Waals surface area contributed by atoms with E-state index < -0.39 is 22.1 Å². The van der Waals surface area contributed by atoms with Crippen LogP contribution in [0.4, 0.5) is 11.6 Å². The Morgan fingerprint density at radius 2 is 0.741 bits per heavy atom. The van der Waals surface area contributed by atoms with Gasteiger partial charge in [-0.3, -0.25) is 9.20 Å². The van der Waals surface area contributed by atoms with Gasteiger partial charge >= 0.3 is 42.1 Å². The minimum absolute atomic E-state index is 0.0300. The van der Waals surface area contributed by atoms with Crippen molar-refractivity contribution in [3.05, 3.63) is 490 Å². The summed E-state index contributed by atoms with van der Waals surface area (Å²) in [5.74, 6) is 1.26. The van der Waals surface area contributed by atoms with E-state index in [0.717, 1.165) is 79.3 Å². The number of rotatable bonds is 29. The van der Waals surface area contributed by atoms with Gasteiger partial charge < -0.3 is 49.9 Å². The number of hydrogen-bond acceptors (Lipinski definition) is 17. The third-order valence-electron chi connectivity index (χ3n) is 23.9. The number of aryl methyl sites for hydroxylation is 2. The van der Waals surface area contributed by atoms with Crippen LogP contribution in [-0.4, -0.2) is 102 Å². The number of anilines is 2. The SMILES string of the molecule is CCOC(OCC)C(=O)Cc1ccc(C)cc1.CCc1ccc(-c2cn3c(O)c(Cc4ccc(O)cc4)nc3c(Cc3ccccc3)n2)cc1.COCc1ccc(-c2cnc(N)c(Cc3ccccc3)n2)cc1.COCc1ccc(B2OC(C)(C)C(C)(C)O2)cc1.Nc1ncc(Br)nc1Cc1ccccc1.[Cl][Pd][Cl].c1ccc(P(c2ccccc2)c2ccccc2)cc1.c1ccc(P(c2ccccc2)c2ccccc2)cc1. The molecule has 0 saturated carbocycles. The number of nitrogens with two attached hydrogens (primary N) is 2. The summed E-state index contributed by atoms with van der Waals surface area (Å²) in [7, 11) is 11.8. The van der Waals surface area contributed by atoms with Crippen LogP contribution < -0.4 is 48.8 Å². The molecule has 756 valence electrons. The molecule has 0 radical (unpaired) electrons. The standard InChI is InChI=1S/C28H25N3O2.C19H19N3O.2C18H15P.C14H21BO3.C14H20O3.C11H10BrN3.2ClH.Pd/c1-2-19-8-12-22(13-9-19)26-18-31-27(24(29-26)16-20-6-4-3-5-7-20)30-25(28(31)33)17-21-10-14-23(32)15-11-21;1-23-13-15-7-9-16(10-8-15)18-12-21-19(20)17(22-18)11-14-5-3-2-4-6-14;2*1-4-10-16(11-5-1)19(17-12-6-2-7-13-17)18-14-8-3-9-15-18;1-13(2)14(3,4)18-15(17-13)12-8-6-11(7-9-12)10-16-5;1-4-16-14(17-5-2)13(15)10-12-8-6-11(3)7-9-12;12-10-7-14-11(13)9(15-10)6-8-4-2-1-3-5-8;;;/h3-15,18,32-33H,2,16-17H2,1H3;2-10,12H,11,13H2,1H3,(H2,20,21);2*1-15H;6-9H,10H2,1-5H3;6-9,14H,4-5,10H2,1-3H3;1-5,7H,6H2,(H2,13,14);2*1H;/q;;;;;;;;;+2/p-2. The zero-order valence-electron chi connectivity index (χ0n) is 84.4. The van der Waals surface area contributed by atoms with Crippen LogP contribution in [0.15, 0.2) is 418 Å². The Hall–Kier alpha value is -12.9. The summed E-state index contributed by atoms with van der Waals surface area (Å²) >= 11 is 3.17. The van der Waals surface area contributed by atoms with Crippen molar-refractivity contribution < 1.29 is 59.2 Å². The Labute approximate surface area is 892 Å². The number of nitrogen functional groups attached to an aromatic ring is 2. The van der Waals surface area contributed by atoms with Crippen LogP contribution in [0.5, 0.6) is 11.6 Å². The molecule has 0 amide bonds. The largest absolute Gasteiger partial charge is 0.0622 e. The van der Waals surface area contributed by atoms with E-state index in [2.05, 4.69) is 296 Å². The number of fused-ring (bicyclic) bond motifs is 1. The number of aromatic hydroxyl groups is 2. The number of phenolic OH excluding ortho intramolecular Hbond substituents is 1. The van der Waals surface area contributed by atoms with Gasteiger partial charge in [-0.25, -0.2) is 29.9 Å². The van der Waals surface area contributed by atoms with E-state index in [-0.39, 0.29) is 51.7 Å². The van der Waals surface area contributed by atoms with Crippen LogP contribution in [0.1, 0.15) is 121 Å². The molecule has 6 N–H and O–H groups in total. The van der Waals surface area contributed by atoms with Crippen molar-refractivity contribution in [1.29, 1.82) is 0 Å². The van der Waals surface area contributed by atoms with Gasteiger partial charge in [-0.2, -0.15) is 0 Å². The van der Waals surface area contributed by atoms with E-state index in [1.165, 1.54) is 54.1 Å². The molecule has 4 aromatic heterocycles. The molecule has 0 unspecified atom stereocenters. The third-order valence-corrected chi connectivity index (χ3v) is 29.2. The van der Waals surface area contributed by atoms with Crippen molar-refractivity contribution in [2.75, 3.05) is 38.9 Å². The summed E-state index contributed by atoms with van der Waals surface area (Å²) in [6, 6.07) is 135. The number of nitrogens with zero attached hydrogens (tertiary/aromatic N) is 7. The van der Waals surface area contributed by atoms with Crippen molar-refractivity contribution in [2.24, 2.45) is 0 Å². The summed E-state index contributed by atoms with van der Waals surface area (Å²) < 4.78 is 35.2. The molecule has 1 saturated heterocycles. The first-order valence-corrected chi connectivity index (χ1v) is 56.0. The van der Waals surface area contributed by atoms with Crippen LogP contribution in [0.2, 0.25) is 0 Å². The van der Waals surface area contributed by atoms with E-state index >= 15 is 0 Å². The minimum atomic E-state index is -0.730. The van der Waals surface area contributed by atoms with Crippen molar-refractivity contribution in [2.45, 2.75) is 125 Å². The number of methoxy groups -OCH3 is 2. The first-order chi connectivity index (χ1) is 71.5. The Bertz CT molecular complexity index is 6620. The Kier molecular flexibility index (Phi) is 45.5. The molecular formula is C122H125BBrCl2N9O9P2Pd. The fraction of sp³-hybridized carbons (Fsp3) is 0.189. The summed E-state index contributed by atoms with van der Waals surface area (Å²) in [6.07, 6.45) is 8.23. The molecule has 1 aliphatic heterocycles. The summed E-state index contributed by atoms with van der Waals surface area (Å²) in [4.78, 5) is 39.0. The number of Topliss-reactive ketones (excluding diaryl/α,β-unsaturated/α-hetero) is 1. The number of benzene rings is 14. The summed E-state index contributed by atoms with van der Waals surface area (Å²) in [5, 5.41) is 29.0. The molecule has 19 rings (SSSR count). The van der Waals surface area contributed by atoms with Gasteiger partial charge in [0.1, 0.15) is 27.7 Å². The number of aromatic nitrogens is 7. The number of phenols is 1. The van der Waals surface area contributed by atoms with Crippen LogP contribution in [0.3, 0.4) is 0 Å². The molecule has 0 bridgehead atoms. The second kappa shape index (κ2) is 59.2. The zero-order chi connectivity index (χ0) is 104. The first-order valence-electron chi connectivity index (χ1n) is 48.5. The van der Waals surface area contributed by atoms with Gasteiger partial charge in [0.05, 0.1) is 65.3 Å². The quantitative estimate of drug-likeness (QED) is 0.0193. The van der Waals surface area contributed by atoms with Gasteiger partial charge in [0.2, 0.25) is 12.2 Å². The van der Waals surface area contributed by atoms with Gasteiger partial charge in [-0.1, -0.05) is 395 Å². The van der Waals surface area contributed by atoms with E-state index in [9.17, 15) is 15.0 Å². The maximum atomic E-state index is 11.9. The van der Waals surface area contributed by atoms with Gasteiger partial charge in [0.25, 0.3) is 0 Å². The average molecular weight is 2190 g/mol. The molecule has 1 aliphatic rings. The predicted molar refractivity (Wildman–Crippen MR) is 607 cm³/mol. The van der Waals surface area contributed by atoms with Crippen LogP contribution in [0.25, 0.3) is 28.2 Å². The number of ketones is 1. The number of halogens is 3. The number of imidazole rings is 1. The minimum Gasteiger partial charge on any atom is -0.0622 e. The molecule has 0 atom stereocenters. The first kappa shape index (κ1) is 113. The van der Waals surface area contributed by atoms with Crippen molar-refractivity contribution >= 4 is 118 Å². The molecule has 25 heteroatoms. The summed E-state index contributed by atoms with van der Waals surface area (Å²) in [6.45, 7) is 18.3. The second-order valence-electron chi connectivity index (χ2n) is 35.1. The Balaban J connectivity index is 0.000000154. The van der Waals surface area contributed by atoms with E-state index in [4.69, 9.17) is 73.7 Å².